The third-order valence-electron chi connectivity index (χ3n) is 5.45. The number of halogens is 1. The number of rotatable bonds is 11. The van der Waals surface area contributed by atoms with Crippen molar-refractivity contribution in [3.63, 3.8) is 0 Å². The first kappa shape index (κ1) is 26.7. The van der Waals surface area contributed by atoms with Crippen molar-refractivity contribution in [2.45, 2.75) is 51.7 Å². The molecule has 0 spiro atoms. The number of carboxylic acid groups (broad SMARTS) is 1. The number of nitrogens with one attached hydrogen (secondary N) is 4. The monoisotopic (exact) mass is 498 g/mol. The molecule has 3 amide bonds. The highest BCUT2D eigenvalue weighted by Gasteiger charge is 2.25. The molecule has 3 rings (SSSR count). The molecule has 0 radical (unpaired) electrons. The molecule has 10 heteroatoms. The van der Waals surface area contributed by atoms with Crippen molar-refractivity contribution in [1.29, 1.82) is 0 Å². The molecule has 0 saturated carbocycles. The summed E-state index contributed by atoms with van der Waals surface area (Å²) in [6, 6.07) is 11.8. The van der Waals surface area contributed by atoms with E-state index in [0.29, 0.717) is 30.1 Å². The number of amides is 3. The molecule has 0 aliphatic carbocycles. The average molecular weight is 499 g/mol. The van der Waals surface area contributed by atoms with Gasteiger partial charge in [0, 0.05) is 12.1 Å². The Kier molecular flexibility index (Phi) is 9.40. The number of hydrogen-bond acceptors (Lipinski definition) is 5. The van der Waals surface area contributed by atoms with Crippen LogP contribution in [-0.4, -0.2) is 35.2 Å². The fraction of sp³-hybridized carbons (Fsp3) is 0.346. The maximum absolute atomic E-state index is 13.7. The minimum absolute atomic E-state index is 0.00696. The molecule has 192 valence electrons. The Morgan fingerprint density at radius 1 is 1.08 bits per heavy atom. The Balaban J connectivity index is 1.54. The van der Waals surface area contributed by atoms with E-state index in [1.807, 2.05) is 19.9 Å². The zero-order chi connectivity index (χ0) is 26.1. The normalized spacial score (nSPS) is 15.6. The van der Waals surface area contributed by atoms with Gasteiger partial charge in [-0.25, -0.2) is 9.18 Å². The van der Waals surface area contributed by atoms with Crippen molar-refractivity contribution in [2.24, 2.45) is 5.92 Å². The number of carbonyl (C=O) groups is 3. The number of aliphatic carboxylic acids is 1. The zero-order valence-corrected chi connectivity index (χ0v) is 20.2. The summed E-state index contributed by atoms with van der Waals surface area (Å²) in [4.78, 5) is 41.1. The molecule has 1 heterocycles. The number of hydrogen-bond donors (Lipinski definition) is 5. The first-order valence-electron chi connectivity index (χ1n) is 11.8. The summed E-state index contributed by atoms with van der Waals surface area (Å²) in [5.41, 5.74) is 4.87. The molecular weight excluding hydrogens is 467 g/mol. The second-order valence-corrected chi connectivity index (χ2v) is 9.00. The molecular formula is C26H31FN4O5. The van der Waals surface area contributed by atoms with Crippen LogP contribution >= 0.6 is 0 Å². The third kappa shape index (κ3) is 8.38. The van der Waals surface area contributed by atoms with E-state index < -0.39 is 17.8 Å². The second kappa shape index (κ2) is 12.7. The molecule has 0 aromatic heterocycles. The number of urea groups is 1. The Morgan fingerprint density at radius 2 is 1.81 bits per heavy atom. The highest BCUT2D eigenvalue weighted by atomic mass is 19.1. The first-order valence-corrected chi connectivity index (χ1v) is 11.8. The lowest BCUT2D eigenvalue weighted by atomic mass is 9.99. The van der Waals surface area contributed by atoms with Crippen LogP contribution in [0.25, 0.3) is 0 Å². The van der Waals surface area contributed by atoms with Gasteiger partial charge < -0.3 is 21.1 Å². The van der Waals surface area contributed by atoms with Crippen LogP contribution in [0.15, 0.2) is 60.3 Å². The minimum Gasteiger partial charge on any atom is -0.481 e. The Hall–Kier alpha value is -3.92. The van der Waals surface area contributed by atoms with Crippen LogP contribution in [0.1, 0.15) is 38.7 Å². The molecule has 2 aromatic carbocycles. The van der Waals surface area contributed by atoms with Crippen LogP contribution in [0.2, 0.25) is 0 Å². The van der Waals surface area contributed by atoms with Gasteiger partial charge in [0.2, 0.25) is 5.91 Å². The van der Waals surface area contributed by atoms with E-state index in [0.717, 1.165) is 5.56 Å². The molecule has 0 fully saturated rings. The largest absolute Gasteiger partial charge is 0.481 e. The van der Waals surface area contributed by atoms with Gasteiger partial charge in [-0.1, -0.05) is 38.1 Å². The van der Waals surface area contributed by atoms with Gasteiger partial charge in [-0.2, -0.15) is 0 Å². The van der Waals surface area contributed by atoms with Gasteiger partial charge in [-0.3, -0.25) is 19.9 Å². The number of hydroxylamine groups is 1. The number of anilines is 2. The average Bonchev–Trinajstić information content (AvgIpc) is 3.29. The van der Waals surface area contributed by atoms with Crippen molar-refractivity contribution in [3.05, 3.63) is 71.7 Å². The lowest BCUT2D eigenvalue weighted by Crippen LogP contribution is -2.40. The van der Waals surface area contributed by atoms with Crippen LogP contribution < -0.4 is 21.4 Å². The van der Waals surface area contributed by atoms with E-state index in [2.05, 4.69) is 21.4 Å². The van der Waals surface area contributed by atoms with Gasteiger partial charge in [0.15, 0.2) is 0 Å². The topological polar surface area (TPSA) is 129 Å². The Morgan fingerprint density at radius 3 is 2.47 bits per heavy atom. The summed E-state index contributed by atoms with van der Waals surface area (Å²) >= 11 is 0. The predicted octanol–water partition coefficient (Wildman–Crippen LogP) is 4.20. The van der Waals surface area contributed by atoms with Gasteiger partial charge in [-0.15, -0.1) is 0 Å². The smallest absolute Gasteiger partial charge is 0.323 e. The van der Waals surface area contributed by atoms with E-state index >= 15 is 0 Å². The van der Waals surface area contributed by atoms with E-state index in [1.165, 1.54) is 18.2 Å². The van der Waals surface area contributed by atoms with Crippen molar-refractivity contribution < 1.29 is 28.7 Å². The first-order chi connectivity index (χ1) is 17.2. The van der Waals surface area contributed by atoms with Crippen LogP contribution in [0.4, 0.5) is 20.6 Å². The fourth-order valence-electron chi connectivity index (χ4n) is 3.73. The summed E-state index contributed by atoms with van der Waals surface area (Å²) in [6.45, 7) is 4.09. The van der Waals surface area contributed by atoms with Crippen LogP contribution in [0.3, 0.4) is 0 Å². The summed E-state index contributed by atoms with van der Waals surface area (Å²) < 4.78 is 13.7. The van der Waals surface area contributed by atoms with Gasteiger partial charge in [0.1, 0.15) is 11.9 Å². The van der Waals surface area contributed by atoms with Crippen molar-refractivity contribution in [3.8, 4) is 0 Å². The van der Waals surface area contributed by atoms with Gasteiger partial charge >= 0.3 is 12.0 Å². The van der Waals surface area contributed by atoms with Crippen LogP contribution in [0.5, 0.6) is 0 Å². The van der Waals surface area contributed by atoms with E-state index in [4.69, 9.17) is 9.94 Å². The predicted molar refractivity (Wildman–Crippen MR) is 134 cm³/mol. The molecule has 36 heavy (non-hydrogen) atoms. The fourth-order valence-corrected chi connectivity index (χ4v) is 3.73. The van der Waals surface area contributed by atoms with E-state index in [1.54, 1.807) is 30.3 Å². The number of carbonyl (C=O) groups excluding carboxylic acids is 2. The maximum Gasteiger partial charge on any atom is 0.323 e. The van der Waals surface area contributed by atoms with Gasteiger partial charge in [0.05, 0.1) is 23.8 Å². The molecule has 2 aromatic rings. The molecule has 2 unspecified atom stereocenters. The molecule has 0 bridgehead atoms. The van der Waals surface area contributed by atoms with Crippen molar-refractivity contribution in [1.82, 2.24) is 10.8 Å². The summed E-state index contributed by atoms with van der Waals surface area (Å²) in [5.74, 6) is -1.30. The third-order valence-corrected chi connectivity index (χ3v) is 5.45. The number of benzene rings is 2. The van der Waals surface area contributed by atoms with E-state index in [9.17, 15) is 18.8 Å². The van der Waals surface area contributed by atoms with Gasteiger partial charge in [0.25, 0.3) is 0 Å². The molecule has 1 aliphatic heterocycles. The number of para-hydroxylation sites is 1. The standard InChI is InChI=1S/C26H31FN4O5/c1-16(2)13-22(23-15-19(36-31-23)11-12-25(33)34)29-24(32)14-17-7-9-18(10-8-17)28-26(35)30-21-6-4-3-5-20(21)27/h3-10,15-16,19,22,31H,11-14H2,1-2H3,(H,29,32)(H,33,34)(H2,28,30,35). The summed E-state index contributed by atoms with van der Waals surface area (Å²) in [5, 5.41) is 17.0. The van der Waals surface area contributed by atoms with Crippen LogP contribution in [0, 0.1) is 11.7 Å². The highest BCUT2D eigenvalue weighted by Crippen LogP contribution is 2.20. The quantitative estimate of drug-likeness (QED) is 0.316. The molecule has 2 atom stereocenters. The SMILES string of the molecule is CC(C)CC(NC(=O)Cc1ccc(NC(=O)Nc2ccccc2F)cc1)C1=CC(CCC(=O)O)ON1. The van der Waals surface area contributed by atoms with E-state index in [-0.39, 0.29) is 36.6 Å². The summed E-state index contributed by atoms with van der Waals surface area (Å²) in [6.07, 6.45) is 2.60. The molecule has 1 aliphatic rings. The Bertz CT molecular complexity index is 1100. The molecule has 9 nitrogen and oxygen atoms in total. The summed E-state index contributed by atoms with van der Waals surface area (Å²) in [7, 11) is 0. The number of carboxylic acids is 1. The second-order valence-electron chi connectivity index (χ2n) is 9.00. The molecule has 0 saturated heterocycles. The highest BCUT2D eigenvalue weighted by molar-refractivity contribution is 5.99. The lowest BCUT2D eigenvalue weighted by Gasteiger charge is -2.21. The molecule has 5 N–H and O–H groups in total. The Labute approximate surface area is 209 Å². The van der Waals surface area contributed by atoms with Crippen molar-refractivity contribution in [2.75, 3.05) is 10.6 Å². The minimum atomic E-state index is -0.889. The van der Waals surface area contributed by atoms with Crippen LogP contribution in [-0.2, 0) is 20.8 Å². The van der Waals surface area contributed by atoms with Crippen molar-refractivity contribution >= 4 is 29.3 Å². The zero-order valence-electron chi connectivity index (χ0n) is 20.2. The van der Waals surface area contributed by atoms with Gasteiger partial charge in [-0.05, 0) is 54.7 Å². The maximum atomic E-state index is 13.7. The lowest BCUT2D eigenvalue weighted by molar-refractivity contribution is -0.137.